The van der Waals surface area contributed by atoms with E-state index < -0.39 is 0 Å². The summed E-state index contributed by atoms with van der Waals surface area (Å²) < 4.78 is 1.97. The van der Waals surface area contributed by atoms with E-state index in [1.54, 1.807) is 0 Å². The smallest absolute Gasteiger partial charge is 0.227 e. The highest BCUT2D eigenvalue weighted by Gasteiger charge is 2.40. The highest BCUT2D eigenvalue weighted by atomic mass is 16.2. The van der Waals surface area contributed by atoms with Crippen LogP contribution in [0.15, 0.2) is 54.4 Å². The molecule has 0 radical (unpaired) electrons. The lowest BCUT2D eigenvalue weighted by Crippen LogP contribution is -2.47. The number of allylic oxidation sites excluding steroid dienone is 1. The summed E-state index contributed by atoms with van der Waals surface area (Å²) in [5.41, 5.74) is 3.91. The molecule has 0 aliphatic carbocycles. The fourth-order valence-corrected chi connectivity index (χ4v) is 4.46. The predicted octanol–water partition coefficient (Wildman–Crippen LogP) is 3.32. The first-order valence-electron chi connectivity index (χ1n) is 10.3. The number of benzene rings is 1. The van der Waals surface area contributed by atoms with Crippen LogP contribution in [-0.2, 0) is 17.9 Å². The SMILES string of the molecule is CC(C)=CCN1C(=O)[C@H]2CC[C@@H]1CN(Cc1ccccc1Cn1cccn1)C2. The molecule has 1 amide bonds. The van der Waals surface area contributed by atoms with Gasteiger partial charge in [0.05, 0.1) is 12.5 Å². The average molecular weight is 379 g/mol. The molecule has 1 aromatic carbocycles. The molecule has 148 valence electrons. The summed E-state index contributed by atoms with van der Waals surface area (Å²) in [5, 5.41) is 4.35. The van der Waals surface area contributed by atoms with Crippen molar-refractivity contribution in [1.82, 2.24) is 19.6 Å². The lowest BCUT2D eigenvalue weighted by molar-refractivity contribution is -0.139. The van der Waals surface area contributed by atoms with E-state index in [4.69, 9.17) is 0 Å². The van der Waals surface area contributed by atoms with Crippen molar-refractivity contribution < 1.29 is 4.79 Å². The van der Waals surface area contributed by atoms with E-state index in [9.17, 15) is 4.79 Å². The summed E-state index contributed by atoms with van der Waals surface area (Å²) >= 11 is 0. The second-order valence-corrected chi connectivity index (χ2v) is 8.37. The molecule has 2 atom stereocenters. The van der Waals surface area contributed by atoms with Crippen LogP contribution in [0.25, 0.3) is 0 Å². The van der Waals surface area contributed by atoms with Crippen molar-refractivity contribution in [2.24, 2.45) is 5.92 Å². The molecule has 3 aliphatic heterocycles. The molecule has 3 fully saturated rings. The third-order valence-corrected chi connectivity index (χ3v) is 5.97. The Hall–Kier alpha value is -2.40. The van der Waals surface area contributed by atoms with Gasteiger partial charge in [-0.3, -0.25) is 14.4 Å². The number of aromatic nitrogens is 2. The zero-order valence-corrected chi connectivity index (χ0v) is 16.9. The number of hydrogen-bond acceptors (Lipinski definition) is 3. The maximum atomic E-state index is 13.0. The summed E-state index contributed by atoms with van der Waals surface area (Å²) in [6.07, 6.45) is 8.16. The maximum absolute atomic E-state index is 13.0. The van der Waals surface area contributed by atoms with Gasteiger partial charge in [-0.05, 0) is 43.9 Å². The standard InChI is InChI=1S/C23H30N4O/c1-18(2)10-13-27-22-9-8-21(23(27)28)15-25(17-22)14-19-6-3-4-7-20(19)16-26-12-5-11-24-26/h3-7,10-12,21-22H,8-9,13-17H2,1-2H3/t21-,22+/m0/s1. The highest BCUT2D eigenvalue weighted by molar-refractivity contribution is 5.80. The van der Waals surface area contributed by atoms with Crippen LogP contribution < -0.4 is 0 Å². The van der Waals surface area contributed by atoms with E-state index in [2.05, 4.69) is 59.1 Å². The number of carbonyl (C=O) groups excluding carboxylic acids is 1. The van der Waals surface area contributed by atoms with Crippen molar-refractivity contribution in [3.63, 3.8) is 0 Å². The van der Waals surface area contributed by atoms with Gasteiger partial charge in [0, 0.05) is 44.6 Å². The van der Waals surface area contributed by atoms with E-state index in [0.29, 0.717) is 11.9 Å². The van der Waals surface area contributed by atoms with Crippen molar-refractivity contribution in [2.75, 3.05) is 19.6 Å². The molecule has 0 N–H and O–H groups in total. The van der Waals surface area contributed by atoms with Crippen molar-refractivity contribution in [3.8, 4) is 0 Å². The number of rotatable bonds is 6. The molecule has 28 heavy (non-hydrogen) atoms. The molecule has 0 spiro atoms. The Labute approximate surface area is 167 Å². The molecular weight excluding hydrogens is 348 g/mol. The number of amides is 1. The minimum absolute atomic E-state index is 0.141. The molecule has 0 unspecified atom stereocenters. The minimum Gasteiger partial charge on any atom is -0.334 e. The van der Waals surface area contributed by atoms with Gasteiger partial charge in [0.1, 0.15) is 0 Å². The first kappa shape index (κ1) is 18.9. The Kier molecular flexibility index (Phi) is 5.62. The van der Waals surface area contributed by atoms with E-state index in [1.165, 1.54) is 16.7 Å². The second-order valence-electron chi connectivity index (χ2n) is 8.37. The molecule has 3 aliphatic rings. The van der Waals surface area contributed by atoms with Crippen LogP contribution in [0.5, 0.6) is 0 Å². The Morgan fingerprint density at radius 1 is 1.11 bits per heavy atom. The third kappa shape index (κ3) is 4.20. The summed E-state index contributed by atoms with van der Waals surface area (Å²) in [7, 11) is 0. The molecule has 2 aromatic rings. The van der Waals surface area contributed by atoms with Crippen LogP contribution in [0.4, 0.5) is 0 Å². The predicted molar refractivity (Wildman–Crippen MR) is 111 cm³/mol. The summed E-state index contributed by atoms with van der Waals surface area (Å²) in [5.74, 6) is 0.490. The van der Waals surface area contributed by atoms with E-state index in [0.717, 1.165) is 45.6 Å². The van der Waals surface area contributed by atoms with Gasteiger partial charge in [-0.15, -0.1) is 0 Å². The zero-order valence-electron chi connectivity index (χ0n) is 16.9. The second kappa shape index (κ2) is 8.31. The minimum atomic E-state index is 0.141. The van der Waals surface area contributed by atoms with Gasteiger partial charge in [0.2, 0.25) is 5.91 Å². The Morgan fingerprint density at radius 2 is 1.89 bits per heavy atom. The molecule has 5 nitrogen and oxygen atoms in total. The maximum Gasteiger partial charge on any atom is 0.227 e. The first-order valence-corrected chi connectivity index (χ1v) is 10.3. The molecule has 3 saturated heterocycles. The van der Waals surface area contributed by atoms with Crippen LogP contribution in [-0.4, -0.2) is 51.2 Å². The monoisotopic (exact) mass is 378 g/mol. The lowest BCUT2D eigenvalue weighted by atomic mass is 9.94. The molecule has 2 bridgehead atoms. The molecule has 4 heterocycles. The first-order chi connectivity index (χ1) is 13.6. The normalized spacial score (nSPS) is 22.4. The number of fused-ring (bicyclic) bond motifs is 4. The van der Waals surface area contributed by atoms with Crippen LogP contribution in [0.1, 0.15) is 37.8 Å². The number of carbonyl (C=O) groups is 1. The number of piperidine rings is 1. The van der Waals surface area contributed by atoms with E-state index in [-0.39, 0.29) is 5.92 Å². The quantitative estimate of drug-likeness (QED) is 0.724. The van der Waals surface area contributed by atoms with Crippen LogP contribution in [0.3, 0.4) is 0 Å². The van der Waals surface area contributed by atoms with Crippen molar-refractivity contribution in [2.45, 2.75) is 45.8 Å². The number of hydrogen-bond donors (Lipinski definition) is 0. The van der Waals surface area contributed by atoms with Crippen molar-refractivity contribution >= 4 is 5.91 Å². The Morgan fingerprint density at radius 3 is 2.61 bits per heavy atom. The summed E-state index contributed by atoms with van der Waals surface area (Å²) in [6, 6.07) is 10.9. The van der Waals surface area contributed by atoms with Crippen molar-refractivity contribution in [3.05, 3.63) is 65.5 Å². The molecular formula is C23H30N4O. The molecule has 5 rings (SSSR count). The van der Waals surface area contributed by atoms with Gasteiger partial charge in [-0.1, -0.05) is 35.9 Å². The van der Waals surface area contributed by atoms with E-state index >= 15 is 0 Å². The molecule has 1 aromatic heterocycles. The van der Waals surface area contributed by atoms with Gasteiger partial charge >= 0.3 is 0 Å². The topological polar surface area (TPSA) is 41.4 Å². The Balaban J connectivity index is 1.49. The third-order valence-electron chi connectivity index (χ3n) is 5.97. The zero-order chi connectivity index (χ0) is 19.5. The van der Waals surface area contributed by atoms with E-state index in [1.807, 2.05) is 23.1 Å². The van der Waals surface area contributed by atoms with Gasteiger partial charge in [-0.2, -0.15) is 5.10 Å². The van der Waals surface area contributed by atoms with Crippen LogP contribution >= 0.6 is 0 Å². The summed E-state index contributed by atoms with van der Waals surface area (Å²) in [4.78, 5) is 17.6. The highest BCUT2D eigenvalue weighted by Crippen LogP contribution is 2.30. The fraction of sp³-hybridized carbons (Fsp3) is 0.478. The number of nitrogens with zero attached hydrogens (tertiary/aromatic N) is 4. The van der Waals surface area contributed by atoms with Gasteiger partial charge in [0.25, 0.3) is 0 Å². The largest absolute Gasteiger partial charge is 0.334 e. The fourth-order valence-electron chi connectivity index (χ4n) is 4.46. The van der Waals surface area contributed by atoms with Crippen molar-refractivity contribution in [1.29, 1.82) is 0 Å². The summed E-state index contributed by atoms with van der Waals surface area (Å²) in [6.45, 7) is 8.48. The van der Waals surface area contributed by atoms with Gasteiger partial charge in [-0.25, -0.2) is 0 Å². The van der Waals surface area contributed by atoms with Crippen LogP contribution in [0, 0.1) is 5.92 Å². The molecule has 0 saturated carbocycles. The Bertz CT molecular complexity index is 838. The van der Waals surface area contributed by atoms with Gasteiger partial charge < -0.3 is 4.90 Å². The molecule has 5 heteroatoms. The average Bonchev–Trinajstić information content (AvgIpc) is 3.05. The lowest BCUT2D eigenvalue weighted by Gasteiger charge is -2.35. The van der Waals surface area contributed by atoms with Gasteiger partial charge in [0.15, 0.2) is 0 Å². The van der Waals surface area contributed by atoms with Crippen LogP contribution in [0.2, 0.25) is 0 Å².